The predicted molar refractivity (Wildman–Crippen MR) is 78.5 cm³/mol. The Morgan fingerprint density at radius 1 is 1.24 bits per heavy atom. The van der Waals surface area contributed by atoms with Gasteiger partial charge in [0.2, 0.25) is 0 Å². The second-order valence-corrected chi connectivity index (χ2v) is 6.40. The van der Waals surface area contributed by atoms with Crippen LogP contribution in [0.5, 0.6) is 0 Å². The number of rotatable bonds is 5. The summed E-state index contributed by atoms with van der Waals surface area (Å²) in [4.78, 5) is 2.53. The monoisotopic (exact) mass is 286 g/mol. The number of aromatic nitrogens is 3. The summed E-state index contributed by atoms with van der Waals surface area (Å²) in [7, 11) is 0. The van der Waals surface area contributed by atoms with Crippen molar-refractivity contribution in [3.05, 3.63) is 36.3 Å². The van der Waals surface area contributed by atoms with Gasteiger partial charge in [-0.15, -0.1) is 10.2 Å². The molecule has 1 saturated heterocycles. The van der Waals surface area contributed by atoms with Crippen LogP contribution in [-0.2, 0) is 13.1 Å². The van der Waals surface area contributed by atoms with Gasteiger partial charge in [0, 0.05) is 18.7 Å². The number of piperidine rings is 1. The van der Waals surface area contributed by atoms with E-state index in [1.54, 1.807) is 6.26 Å². The average Bonchev–Trinajstić information content (AvgIpc) is 2.98. The van der Waals surface area contributed by atoms with Gasteiger partial charge in [-0.3, -0.25) is 4.90 Å². The van der Waals surface area contributed by atoms with Crippen LogP contribution < -0.4 is 0 Å². The van der Waals surface area contributed by atoms with E-state index in [1.165, 1.54) is 37.7 Å². The quantitative estimate of drug-likeness (QED) is 0.847. The number of furan rings is 1. The number of likely N-dealkylation sites (tertiary alicyclic amines) is 1. The lowest BCUT2D eigenvalue weighted by Gasteiger charge is -2.34. The lowest BCUT2D eigenvalue weighted by atomic mass is 10.0. The van der Waals surface area contributed by atoms with E-state index in [0.29, 0.717) is 6.04 Å². The van der Waals surface area contributed by atoms with Crippen LogP contribution in [0.25, 0.3) is 0 Å². The van der Waals surface area contributed by atoms with Crippen molar-refractivity contribution in [3.8, 4) is 0 Å². The Balaban J connectivity index is 1.54. The summed E-state index contributed by atoms with van der Waals surface area (Å²) in [5.74, 6) is 2.01. The highest BCUT2D eigenvalue weighted by atomic mass is 16.3. The lowest BCUT2D eigenvalue weighted by Crippen LogP contribution is -2.34. The van der Waals surface area contributed by atoms with Gasteiger partial charge in [-0.2, -0.15) is 0 Å². The molecule has 1 aliphatic carbocycles. The van der Waals surface area contributed by atoms with Gasteiger partial charge in [-0.05, 0) is 44.2 Å². The molecule has 5 nitrogen and oxygen atoms in total. The molecule has 0 bridgehead atoms. The highest BCUT2D eigenvalue weighted by Gasteiger charge is 2.30. The Bertz CT molecular complexity index is 573. The minimum absolute atomic E-state index is 0.398. The van der Waals surface area contributed by atoms with Crippen molar-refractivity contribution >= 4 is 0 Å². The van der Waals surface area contributed by atoms with Crippen LogP contribution in [0.3, 0.4) is 0 Å². The molecule has 2 aliphatic rings. The molecule has 2 fully saturated rings. The highest BCUT2D eigenvalue weighted by molar-refractivity contribution is 5.07. The van der Waals surface area contributed by atoms with E-state index in [-0.39, 0.29) is 0 Å². The summed E-state index contributed by atoms with van der Waals surface area (Å²) < 4.78 is 7.49. The average molecular weight is 286 g/mol. The molecule has 0 N–H and O–H groups in total. The minimum Gasteiger partial charge on any atom is -0.472 e. The van der Waals surface area contributed by atoms with Gasteiger partial charge in [-0.1, -0.05) is 6.42 Å². The van der Waals surface area contributed by atoms with Gasteiger partial charge < -0.3 is 8.98 Å². The van der Waals surface area contributed by atoms with Crippen LogP contribution in [0.2, 0.25) is 0 Å². The molecular weight excluding hydrogens is 264 g/mol. The van der Waals surface area contributed by atoms with Crippen molar-refractivity contribution in [3.63, 3.8) is 0 Å². The van der Waals surface area contributed by atoms with Crippen LogP contribution in [0.15, 0.2) is 29.3 Å². The second-order valence-electron chi connectivity index (χ2n) is 6.40. The minimum atomic E-state index is 0.398. The first-order valence-corrected chi connectivity index (χ1v) is 8.03. The molecule has 2 aromatic heterocycles. The van der Waals surface area contributed by atoms with Gasteiger partial charge >= 0.3 is 0 Å². The molecule has 3 heterocycles. The fraction of sp³-hybridized carbons (Fsp3) is 0.625. The Kier molecular flexibility index (Phi) is 3.51. The molecule has 0 radical (unpaired) electrons. The van der Waals surface area contributed by atoms with E-state index in [2.05, 4.69) is 25.7 Å². The molecule has 1 saturated carbocycles. The van der Waals surface area contributed by atoms with E-state index in [9.17, 15) is 0 Å². The van der Waals surface area contributed by atoms with E-state index in [4.69, 9.17) is 4.42 Å². The molecule has 0 amide bonds. The standard InChI is InChI=1S/C16H22N4O/c1-2-7-19(10-14-6-8-21-11-14)15(3-1)16-18-17-12-20(16)9-13-4-5-13/h6,8,11-13,15H,1-5,7,9-10H2/t15-/m1/s1. The van der Waals surface area contributed by atoms with Crippen LogP contribution in [0.1, 0.15) is 49.5 Å². The lowest BCUT2D eigenvalue weighted by molar-refractivity contribution is 0.130. The molecule has 1 atom stereocenters. The molecule has 5 heteroatoms. The maximum Gasteiger partial charge on any atom is 0.150 e. The van der Waals surface area contributed by atoms with Crippen molar-refractivity contribution < 1.29 is 4.42 Å². The SMILES string of the molecule is c1cc(CN2CCCC[C@@H]2c2nncn2CC2CC2)co1. The largest absolute Gasteiger partial charge is 0.472 e. The molecule has 112 valence electrons. The Hall–Kier alpha value is -1.62. The summed E-state index contributed by atoms with van der Waals surface area (Å²) >= 11 is 0. The molecule has 2 aromatic rings. The zero-order chi connectivity index (χ0) is 14.1. The maximum absolute atomic E-state index is 5.21. The van der Waals surface area contributed by atoms with Crippen LogP contribution >= 0.6 is 0 Å². The van der Waals surface area contributed by atoms with Gasteiger partial charge in [0.05, 0.1) is 18.6 Å². The summed E-state index contributed by atoms with van der Waals surface area (Å²) in [5, 5.41) is 8.63. The molecular formula is C16H22N4O. The van der Waals surface area contributed by atoms with Gasteiger partial charge in [0.15, 0.2) is 0 Å². The van der Waals surface area contributed by atoms with Crippen molar-refractivity contribution in [2.45, 2.75) is 51.2 Å². The van der Waals surface area contributed by atoms with E-state index >= 15 is 0 Å². The normalized spacial score (nSPS) is 23.5. The topological polar surface area (TPSA) is 47.1 Å². The smallest absolute Gasteiger partial charge is 0.150 e. The van der Waals surface area contributed by atoms with E-state index < -0.39 is 0 Å². The van der Waals surface area contributed by atoms with Crippen molar-refractivity contribution in [1.82, 2.24) is 19.7 Å². The van der Waals surface area contributed by atoms with Crippen LogP contribution in [0, 0.1) is 5.92 Å². The first-order chi connectivity index (χ1) is 10.4. The summed E-state index contributed by atoms with van der Waals surface area (Å²) in [5.41, 5.74) is 1.25. The van der Waals surface area contributed by atoms with Crippen molar-refractivity contribution in [2.24, 2.45) is 5.92 Å². The second kappa shape index (κ2) is 5.64. The molecule has 0 aromatic carbocycles. The zero-order valence-corrected chi connectivity index (χ0v) is 12.3. The third-order valence-corrected chi connectivity index (χ3v) is 4.67. The first kappa shape index (κ1) is 13.1. The molecule has 21 heavy (non-hydrogen) atoms. The van der Waals surface area contributed by atoms with Crippen LogP contribution in [0.4, 0.5) is 0 Å². The fourth-order valence-electron chi connectivity index (χ4n) is 3.33. The van der Waals surface area contributed by atoms with Gasteiger partial charge in [0.25, 0.3) is 0 Å². The van der Waals surface area contributed by atoms with Crippen molar-refractivity contribution in [1.29, 1.82) is 0 Å². The Morgan fingerprint density at radius 2 is 2.19 bits per heavy atom. The predicted octanol–water partition coefficient (Wildman–Crippen LogP) is 3.01. The maximum atomic E-state index is 5.21. The van der Waals surface area contributed by atoms with Crippen molar-refractivity contribution in [2.75, 3.05) is 6.54 Å². The Morgan fingerprint density at radius 3 is 3.00 bits per heavy atom. The Labute approximate surface area is 125 Å². The number of hydrogen-bond donors (Lipinski definition) is 0. The van der Waals surface area contributed by atoms with Gasteiger partial charge in [0.1, 0.15) is 12.2 Å². The third kappa shape index (κ3) is 2.88. The summed E-state index contributed by atoms with van der Waals surface area (Å²) in [6, 6.07) is 2.45. The third-order valence-electron chi connectivity index (χ3n) is 4.67. The van der Waals surface area contributed by atoms with Gasteiger partial charge in [-0.25, -0.2) is 0 Å². The fourth-order valence-corrected chi connectivity index (χ4v) is 3.33. The molecule has 0 unspecified atom stereocenters. The van der Waals surface area contributed by atoms with E-state index in [1.807, 2.05) is 12.6 Å². The zero-order valence-electron chi connectivity index (χ0n) is 12.3. The summed E-state index contributed by atoms with van der Waals surface area (Å²) in [6.07, 6.45) is 12.0. The number of nitrogens with zero attached hydrogens (tertiary/aromatic N) is 4. The molecule has 4 rings (SSSR count). The number of hydrogen-bond acceptors (Lipinski definition) is 4. The van der Waals surface area contributed by atoms with E-state index in [0.717, 1.165) is 31.4 Å². The highest BCUT2D eigenvalue weighted by Crippen LogP contribution is 2.34. The molecule has 0 spiro atoms. The van der Waals surface area contributed by atoms with Crippen LogP contribution in [-0.4, -0.2) is 26.2 Å². The first-order valence-electron chi connectivity index (χ1n) is 8.03. The summed E-state index contributed by atoms with van der Waals surface area (Å²) in [6.45, 7) is 3.17. The molecule has 1 aliphatic heterocycles.